The molecule has 3 atom stereocenters. The molecule has 0 bridgehead atoms. The van der Waals surface area contributed by atoms with E-state index in [0.29, 0.717) is 48.1 Å². The molecular formula is C20H21ClFN5O3. The maximum Gasteiger partial charge on any atom is 0.223 e. The van der Waals surface area contributed by atoms with E-state index >= 15 is 0 Å². The molecule has 0 aliphatic carbocycles. The number of hydrogen-bond acceptors (Lipinski definition) is 7. The van der Waals surface area contributed by atoms with Crippen molar-refractivity contribution in [1.82, 2.24) is 19.5 Å². The van der Waals surface area contributed by atoms with Crippen molar-refractivity contribution < 1.29 is 19.0 Å². The van der Waals surface area contributed by atoms with Gasteiger partial charge < -0.3 is 24.5 Å². The van der Waals surface area contributed by atoms with Gasteiger partial charge >= 0.3 is 0 Å². The third-order valence-corrected chi connectivity index (χ3v) is 5.87. The fourth-order valence-corrected chi connectivity index (χ4v) is 4.33. The number of aliphatic hydroxyl groups is 1. The van der Waals surface area contributed by atoms with E-state index in [4.69, 9.17) is 21.1 Å². The summed E-state index contributed by atoms with van der Waals surface area (Å²) in [6.07, 6.45) is 1.41. The predicted molar refractivity (Wildman–Crippen MR) is 110 cm³/mol. The van der Waals surface area contributed by atoms with Gasteiger partial charge in [0.2, 0.25) is 5.95 Å². The molecule has 2 aliphatic heterocycles. The van der Waals surface area contributed by atoms with Gasteiger partial charge in [-0.25, -0.2) is 19.3 Å². The summed E-state index contributed by atoms with van der Waals surface area (Å²) in [4.78, 5) is 13.1. The minimum atomic E-state index is -0.668. The average Bonchev–Trinajstić information content (AvgIpc) is 3.08. The second kappa shape index (κ2) is 7.33. The Morgan fingerprint density at radius 2 is 2.17 bits per heavy atom. The molecule has 30 heavy (non-hydrogen) atoms. The summed E-state index contributed by atoms with van der Waals surface area (Å²) in [5.74, 6) is 1.06. The molecular weight excluding hydrogens is 413 g/mol. The topological polar surface area (TPSA) is 94.3 Å². The number of anilines is 1. The third-order valence-electron chi connectivity index (χ3n) is 5.59. The lowest BCUT2D eigenvalue weighted by Crippen LogP contribution is -2.42. The number of ether oxygens (including phenoxy) is 2. The largest absolute Gasteiger partial charge is 0.488 e. The lowest BCUT2D eigenvalue weighted by molar-refractivity contribution is -0.0136. The van der Waals surface area contributed by atoms with Gasteiger partial charge in [-0.1, -0.05) is 11.6 Å². The third kappa shape index (κ3) is 3.08. The Balaban J connectivity index is 1.62. The normalized spacial score (nSPS) is 23.4. The maximum absolute atomic E-state index is 15.0. The summed E-state index contributed by atoms with van der Waals surface area (Å²) >= 11 is 6.40. The summed E-state index contributed by atoms with van der Waals surface area (Å²) in [6, 6.07) is 1.14. The predicted octanol–water partition coefficient (Wildman–Crippen LogP) is 3.11. The second-order valence-corrected chi connectivity index (χ2v) is 8.10. The number of aryl methyl sites for hydroxylation is 1. The van der Waals surface area contributed by atoms with Gasteiger partial charge in [-0.2, -0.15) is 0 Å². The molecule has 4 heterocycles. The number of aliphatic hydroxyl groups excluding tert-OH is 1. The molecule has 0 amide bonds. The van der Waals surface area contributed by atoms with E-state index in [0.717, 1.165) is 5.82 Å². The lowest BCUT2D eigenvalue weighted by atomic mass is 10.1. The monoisotopic (exact) mass is 433 g/mol. The van der Waals surface area contributed by atoms with Crippen molar-refractivity contribution in [1.29, 1.82) is 0 Å². The first-order valence-electron chi connectivity index (χ1n) is 9.83. The highest BCUT2D eigenvalue weighted by atomic mass is 35.5. The standard InChI is InChI=1S/C20H21ClFN5O3/c1-9-7-30-19-11(5-13(22)17-18(19)27(9)10(2)24-17)16-12(21)6-23-20(26-16)25-14-3-4-29-8-15(14)28/h5-6,9,14-15,28H,3-4,7-8H2,1-2H3,(H,23,25,26)/t9-,14+,15+/m0/s1. The smallest absolute Gasteiger partial charge is 0.223 e. The molecule has 5 rings (SSSR count). The fourth-order valence-electron chi connectivity index (χ4n) is 4.14. The molecule has 2 N–H and O–H groups in total. The second-order valence-electron chi connectivity index (χ2n) is 7.69. The van der Waals surface area contributed by atoms with Gasteiger partial charge in [-0.15, -0.1) is 0 Å². The van der Waals surface area contributed by atoms with Gasteiger partial charge in [0.25, 0.3) is 0 Å². The molecule has 0 saturated carbocycles. The molecule has 0 radical (unpaired) electrons. The van der Waals surface area contributed by atoms with Crippen molar-refractivity contribution in [2.24, 2.45) is 0 Å². The van der Waals surface area contributed by atoms with Gasteiger partial charge in [-0.05, 0) is 26.3 Å². The summed E-state index contributed by atoms with van der Waals surface area (Å²) in [7, 11) is 0. The van der Waals surface area contributed by atoms with Crippen molar-refractivity contribution in [2.45, 2.75) is 38.5 Å². The van der Waals surface area contributed by atoms with E-state index in [-0.39, 0.29) is 29.2 Å². The molecule has 1 fully saturated rings. The highest BCUT2D eigenvalue weighted by Gasteiger charge is 2.30. The number of nitrogens with one attached hydrogen (secondary N) is 1. The number of aromatic nitrogens is 4. The Morgan fingerprint density at radius 1 is 1.33 bits per heavy atom. The van der Waals surface area contributed by atoms with E-state index in [9.17, 15) is 9.50 Å². The maximum atomic E-state index is 15.0. The summed E-state index contributed by atoms with van der Waals surface area (Å²) in [5.41, 5.74) is 1.67. The van der Waals surface area contributed by atoms with E-state index in [1.807, 2.05) is 18.4 Å². The lowest BCUT2D eigenvalue weighted by Gasteiger charge is -2.28. The summed E-state index contributed by atoms with van der Waals surface area (Å²) < 4.78 is 28.2. The van der Waals surface area contributed by atoms with Crippen LogP contribution >= 0.6 is 11.6 Å². The molecule has 3 aromatic rings. The number of rotatable bonds is 3. The zero-order valence-corrected chi connectivity index (χ0v) is 17.3. The minimum absolute atomic E-state index is 0.0326. The highest BCUT2D eigenvalue weighted by Crippen LogP contribution is 2.43. The van der Waals surface area contributed by atoms with E-state index in [1.54, 1.807) is 0 Å². The van der Waals surface area contributed by atoms with Crippen molar-refractivity contribution in [3.05, 3.63) is 28.9 Å². The zero-order chi connectivity index (χ0) is 21.0. The number of benzene rings is 1. The Morgan fingerprint density at radius 3 is 2.97 bits per heavy atom. The van der Waals surface area contributed by atoms with Crippen molar-refractivity contribution >= 4 is 28.6 Å². The van der Waals surface area contributed by atoms with Gasteiger partial charge in [0.05, 0.1) is 41.7 Å². The van der Waals surface area contributed by atoms with Crippen LogP contribution in [0.5, 0.6) is 5.75 Å². The number of imidazole rings is 1. The summed E-state index contributed by atoms with van der Waals surface area (Å²) in [6.45, 7) is 5.07. The minimum Gasteiger partial charge on any atom is -0.488 e. The van der Waals surface area contributed by atoms with Crippen LogP contribution in [0.3, 0.4) is 0 Å². The highest BCUT2D eigenvalue weighted by molar-refractivity contribution is 6.33. The van der Waals surface area contributed by atoms with Gasteiger partial charge in [0.15, 0.2) is 11.6 Å². The van der Waals surface area contributed by atoms with Crippen LogP contribution in [0.15, 0.2) is 12.3 Å². The van der Waals surface area contributed by atoms with Crippen LogP contribution in [0.4, 0.5) is 10.3 Å². The first-order valence-corrected chi connectivity index (χ1v) is 10.2. The van der Waals surface area contributed by atoms with Gasteiger partial charge in [0.1, 0.15) is 23.5 Å². The number of hydrogen-bond donors (Lipinski definition) is 2. The molecule has 0 spiro atoms. The molecule has 10 heteroatoms. The Kier molecular flexibility index (Phi) is 4.76. The van der Waals surface area contributed by atoms with Crippen LogP contribution in [-0.4, -0.2) is 56.6 Å². The quantitative estimate of drug-likeness (QED) is 0.655. The first-order chi connectivity index (χ1) is 14.4. The molecule has 1 saturated heterocycles. The van der Waals surface area contributed by atoms with Crippen LogP contribution in [0, 0.1) is 12.7 Å². The van der Waals surface area contributed by atoms with E-state index in [1.165, 1.54) is 12.3 Å². The van der Waals surface area contributed by atoms with E-state index < -0.39 is 11.9 Å². The molecule has 0 unspecified atom stereocenters. The van der Waals surface area contributed by atoms with Gasteiger partial charge in [-0.3, -0.25) is 0 Å². The molecule has 2 aliphatic rings. The number of nitrogens with zero attached hydrogens (tertiary/aromatic N) is 4. The average molecular weight is 434 g/mol. The Hall–Kier alpha value is -2.49. The zero-order valence-electron chi connectivity index (χ0n) is 16.5. The summed E-state index contributed by atoms with van der Waals surface area (Å²) in [5, 5.41) is 13.5. The van der Waals surface area contributed by atoms with Crippen molar-refractivity contribution in [3.63, 3.8) is 0 Å². The van der Waals surface area contributed by atoms with Gasteiger partial charge in [0, 0.05) is 12.2 Å². The SMILES string of the molecule is Cc1nc2c(F)cc(-c3nc(N[C@@H]4CCOC[C@H]4O)ncc3Cl)c3c2n1[C@@H](C)CO3. The first kappa shape index (κ1) is 19.5. The molecule has 2 aromatic heterocycles. The molecule has 8 nitrogen and oxygen atoms in total. The Labute approximate surface area is 177 Å². The molecule has 1 aromatic carbocycles. The Bertz CT molecular complexity index is 1140. The van der Waals surface area contributed by atoms with Crippen LogP contribution in [-0.2, 0) is 4.74 Å². The molecule has 158 valence electrons. The van der Waals surface area contributed by atoms with E-state index in [2.05, 4.69) is 20.3 Å². The van der Waals surface area contributed by atoms with Crippen molar-refractivity contribution in [3.8, 4) is 17.0 Å². The van der Waals surface area contributed by atoms with Crippen LogP contribution < -0.4 is 10.1 Å². The van der Waals surface area contributed by atoms with Crippen LogP contribution in [0.25, 0.3) is 22.3 Å². The number of halogens is 2. The van der Waals surface area contributed by atoms with Crippen molar-refractivity contribution in [2.75, 3.05) is 25.1 Å². The van der Waals surface area contributed by atoms with Crippen LogP contribution in [0.2, 0.25) is 5.02 Å². The fraction of sp³-hybridized carbons (Fsp3) is 0.450. The van der Waals surface area contributed by atoms with Crippen LogP contribution in [0.1, 0.15) is 25.2 Å².